The lowest BCUT2D eigenvalue weighted by Gasteiger charge is -2.34. The van der Waals surface area contributed by atoms with Crippen LogP contribution in [0.25, 0.3) is 0 Å². The third-order valence-electron chi connectivity index (χ3n) is 6.09. The van der Waals surface area contributed by atoms with E-state index >= 15 is 0 Å². The minimum Gasteiger partial charge on any atom is -0.475 e. The lowest BCUT2D eigenvalue weighted by Crippen LogP contribution is -2.46. The van der Waals surface area contributed by atoms with Gasteiger partial charge in [0.25, 0.3) is 0 Å². The van der Waals surface area contributed by atoms with Crippen molar-refractivity contribution >= 4 is 23.2 Å². The molecule has 0 radical (unpaired) electrons. The molecule has 6 nitrogen and oxygen atoms in total. The summed E-state index contributed by atoms with van der Waals surface area (Å²) in [7, 11) is 0. The topological polar surface area (TPSA) is 78.9 Å². The predicted octanol–water partition coefficient (Wildman–Crippen LogP) is 3.30. The molecular weight excluding hydrogens is 459 g/mol. The van der Waals surface area contributed by atoms with E-state index in [0.717, 1.165) is 19.6 Å². The number of ether oxygens (including phenoxy) is 1. The molecule has 3 aliphatic rings. The van der Waals surface area contributed by atoms with Crippen LogP contribution in [0.1, 0.15) is 23.3 Å². The summed E-state index contributed by atoms with van der Waals surface area (Å²) >= 11 is 1.79. The first kappa shape index (κ1) is 24.8. The number of halogens is 5. The lowest BCUT2D eigenvalue weighted by molar-refractivity contribution is -0.192. The second-order valence-electron chi connectivity index (χ2n) is 8.53. The van der Waals surface area contributed by atoms with E-state index in [0.29, 0.717) is 19.1 Å². The van der Waals surface area contributed by atoms with E-state index in [1.54, 1.807) is 11.3 Å². The Labute approximate surface area is 185 Å². The molecule has 2 aliphatic heterocycles. The summed E-state index contributed by atoms with van der Waals surface area (Å²) in [6, 6.07) is 2.15. The largest absolute Gasteiger partial charge is 0.490 e. The van der Waals surface area contributed by atoms with Gasteiger partial charge >= 0.3 is 12.1 Å². The van der Waals surface area contributed by atoms with Gasteiger partial charge in [0, 0.05) is 61.7 Å². The van der Waals surface area contributed by atoms with Crippen LogP contribution in [0.2, 0.25) is 0 Å². The van der Waals surface area contributed by atoms with Crippen molar-refractivity contribution < 1.29 is 41.4 Å². The molecule has 2 saturated heterocycles. The summed E-state index contributed by atoms with van der Waals surface area (Å²) in [5.41, 5.74) is 1.34. The summed E-state index contributed by atoms with van der Waals surface area (Å²) in [6.07, 6.45) is -5.46. The molecule has 1 saturated carbocycles. The highest BCUT2D eigenvalue weighted by Crippen LogP contribution is 2.42. The van der Waals surface area contributed by atoms with Crippen molar-refractivity contribution in [2.75, 3.05) is 26.2 Å². The first-order chi connectivity index (χ1) is 14.9. The van der Waals surface area contributed by atoms with Gasteiger partial charge in [0.15, 0.2) is 0 Å². The number of rotatable bonds is 5. The Bertz CT molecular complexity index is 823. The van der Waals surface area contributed by atoms with Gasteiger partial charge in [0.1, 0.15) is 0 Å². The van der Waals surface area contributed by atoms with Crippen molar-refractivity contribution in [2.24, 2.45) is 17.8 Å². The Hall–Kier alpha value is -1.79. The third kappa shape index (κ3) is 6.16. The second kappa shape index (κ2) is 9.60. The second-order valence-corrected chi connectivity index (χ2v) is 9.53. The van der Waals surface area contributed by atoms with Gasteiger partial charge in [-0.2, -0.15) is 13.2 Å². The van der Waals surface area contributed by atoms with E-state index in [4.69, 9.17) is 14.6 Å². The van der Waals surface area contributed by atoms with Crippen LogP contribution in [-0.2, 0) is 20.9 Å². The molecule has 2 N–H and O–H groups in total. The van der Waals surface area contributed by atoms with Gasteiger partial charge in [-0.3, -0.25) is 9.69 Å². The van der Waals surface area contributed by atoms with Gasteiger partial charge in [0.2, 0.25) is 11.8 Å². The van der Waals surface area contributed by atoms with Gasteiger partial charge in [0.05, 0.1) is 12.7 Å². The fraction of sp³-hybridized carbons (Fsp3) is 0.700. The molecule has 12 heteroatoms. The Balaban J connectivity index is 0.000000360. The quantitative estimate of drug-likeness (QED) is 0.628. The molecule has 4 rings (SSSR count). The van der Waals surface area contributed by atoms with Crippen LogP contribution in [0, 0.1) is 24.7 Å². The standard InChI is InChI=1S/C18H24F2N2O2S.C2HF3O2/c1-11-2-3-25-16(11)9-22-7-14-13(10-24-15(14)8-22)6-21-17(23)12-4-18(19,20)5-12;3-2(4,5)1(6)7/h2-3,12-15H,4-10H2,1H3,(H,21,23);(H,6,7)/t13-,14-,15-;/m1./s1. The van der Waals surface area contributed by atoms with E-state index in [-0.39, 0.29) is 30.8 Å². The van der Waals surface area contributed by atoms with Crippen LogP contribution in [0.5, 0.6) is 0 Å². The number of fused-ring (bicyclic) bond motifs is 1. The van der Waals surface area contributed by atoms with Crippen LogP contribution in [-0.4, -0.2) is 66.3 Å². The van der Waals surface area contributed by atoms with Crippen LogP contribution < -0.4 is 5.32 Å². The summed E-state index contributed by atoms with van der Waals surface area (Å²) in [5, 5.41) is 12.1. The van der Waals surface area contributed by atoms with Crippen LogP contribution in [0.15, 0.2) is 11.4 Å². The number of nitrogens with zero attached hydrogens (tertiary/aromatic N) is 1. The average molecular weight is 484 g/mol. The van der Waals surface area contributed by atoms with Crippen molar-refractivity contribution in [1.82, 2.24) is 10.2 Å². The molecule has 0 bridgehead atoms. The Morgan fingerprint density at radius 3 is 2.50 bits per heavy atom. The molecule has 3 fully saturated rings. The van der Waals surface area contributed by atoms with Crippen LogP contribution in [0.3, 0.4) is 0 Å². The molecule has 3 atom stereocenters. The van der Waals surface area contributed by atoms with E-state index in [1.807, 2.05) is 0 Å². The van der Waals surface area contributed by atoms with E-state index in [2.05, 4.69) is 28.6 Å². The molecule has 3 heterocycles. The molecule has 1 amide bonds. The van der Waals surface area contributed by atoms with Crippen molar-refractivity contribution in [3.63, 3.8) is 0 Å². The molecule has 1 aliphatic carbocycles. The zero-order valence-electron chi connectivity index (χ0n) is 17.3. The fourth-order valence-electron chi connectivity index (χ4n) is 4.21. The minimum absolute atomic E-state index is 0.224. The molecule has 0 aromatic carbocycles. The number of thiophene rings is 1. The summed E-state index contributed by atoms with van der Waals surface area (Å²) < 4.78 is 63.4. The number of aliphatic carboxylic acids is 1. The number of amides is 1. The Morgan fingerprint density at radius 2 is 1.97 bits per heavy atom. The predicted molar refractivity (Wildman–Crippen MR) is 105 cm³/mol. The maximum atomic E-state index is 12.9. The minimum atomic E-state index is -5.08. The van der Waals surface area contributed by atoms with E-state index in [9.17, 15) is 26.7 Å². The maximum absolute atomic E-state index is 12.9. The van der Waals surface area contributed by atoms with Gasteiger partial charge in [-0.15, -0.1) is 11.3 Å². The molecular formula is C20H25F5N2O4S. The number of carboxylic acids is 1. The van der Waals surface area contributed by atoms with Crippen LogP contribution >= 0.6 is 11.3 Å². The highest BCUT2D eigenvalue weighted by atomic mass is 32.1. The van der Waals surface area contributed by atoms with Crippen LogP contribution in [0.4, 0.5) is 22.0 Å². The summed E-state index contributed by atoms with van der Waals surface area (Å²) in [5.74, 6) is -5.44. The van der Waals surface area contributed by atoms with Crippen molar-refractivity contribution in [3.05, 3.63) is 21.9 Å². The highest BCUT2D eigenvalue weighted by molar-refractivity contribution is 7.10. The summed E-state index contributed by atoms with van der Waals surface area (Å²) in [4.78, 5) is 24.7. The molecule has 180 valence electrons. The summed E-state index contributed by atoms with van der Waals surface area (Å²) in [6.45, 7) is 6.19. The Kier molecular flexibility index (Phi) is 7.45. The van der Waals surface area contributed by atoms with E-state index < -0.39 is 24.0 Å². The highest BCUT2D eigenvalue weighted by Gasteiger charge is 2.49. The zero-order valence-corrected chi connectivity index (χ0v) is 18.1. The Morgan fingerprint density at radius 1 is 1.31 bits per heavy atom. The first-order valence-corrected chi connectivity index (χ1v) is 11.1. The number of hydrogen-bond acceptors (Lipinski definition) is 5. The third-order valence-corrected chi connectivity index (χ3v) is 7.10. The van der Waals surface area contributed by atoms with Crippen molar-refractivity contribution in [1.29, 1.82) is 0 Å². The number of likely N-dealkylation sites (tertiary alicyclic amines) is 1. The number of alkyl halides is 5. The number of carbonyl (C=O) groups is 2. The van der Waals surface area contributed by atoms with Gasteiger partial charge < -0.3 is 15.2 Å². The van der Waals surface area contributed by atoms with Gasteiger partial charge in [-0.25, -0.2) is 13.6 Å². The number of hydrogen-bond donors (Lipinski definition) is 2. The number of carboxylic acid groups (broad SMARTS) is 1. The lowest BCUT2D eigenvalue weighted by atomic mass is 9.80. The normalized spacial score (nSPS) is 27.2. The van der Waals surface area contributed by atoms with Gasteiger partial charge in [-0.05, 0) is 23.9 Å². The number of aryl methyl sites for hydroxylation is 1. The van der Waals surface area contributed by atoms with E-state index in [1.165, 1.54) is 10.4 Å². The molecule has 0 spiro atoms. The van der Waals surface area contributed by atoms with Gasteiger partial charge in [-0.1, -0.05) is 0 Å². The molecule has 0 unspecified atom stereocenters. The first-order valence-electron chi connectivity index (χ1n) is 10.2. The number of carbonyl (C=O) groups excluding carboxylic acids is 1. The molecule has 1 aromatic rings. The fourth-order valence-corrected chi connectivity index (χ4v) is 5.16. The van der Waals surface area contributed by atoms with Crippen molar-refractivity contribution in [2.45, 2.75) is 44.5 Å². The molecule has 1 aromatic heterocycles. The maximum Gasteiger partial charge on any atom is 0.490 e. The monoisotopic (exact) mass is 484 g/mol. The average Bonchev–Trinajstić information content (AvgIpc) is 3.35. The van der Waals surface area contributed by atoms with Crippen molar-refractivity contribution in [3.8, 4) is 0 Å². The SMILES string of the molecule is Cc1ccsc1CN1C[C@@H]2[C@H](CNC(=O)C3CC(F)(F)C3)CO[C@@H]2C1.O=C(O)C(F)(F)F. The molecule has 32 heavy (non-hydrogen) atoms. The zero-order chi connectivity index (χ0) is 23.7. The number of nitrogens with one attached hydrogen (secondary N) is 1. The smallest absolute Gasteiger partial charge is 0.475 e.